The lowest BCUT2D eigenvalue weighted by molar-refractivity contribution is -0.117. The van der Waals surface area contributed by atoms with Gasteiger partial charge in [0, 0.05) is 31.7 Å². The Bertz CT molecular complexity index is 676. The van der Waals surface area contributed by atoms with Gasteiger partial charge in [0.2, 0.25) is 5.91 Å². The van der Waals surface area contributed by atoms with Gasteiger partial charge in [0.15, 0.2) is 0 Å². The first-order valence-corrected chi connectivity index (χ1v) is 8.65. The van der Waals surface area contributed by atoms with Crippen molar-refractivity contribution in [3.63, 3.8) is 0 Å². The molecule has 1 saturated heterocycles. The van der Waals surface area contributed by atoms with Crippen molar-refractivity contribution in [1.29, 1.82) is 0 Å². The molecule has 0 bridgehead atoms. The zero-order valence-electron chi connectivity index (χ0n) is 15.0. The Kier molecular flexibility index (Phi) is 4.28. The van der Waals surface area contributed by atoms with Gasteiger partial charge in [-0.2, -0.15) is 0 Å². The fourth-order valence-electron chi connectivity index (χ4n) is 3.40. The minimum atomic E-state index is -0.479. The number of anilines is 1. The summed E-state index contributed by atoms with van der Waals surface area (Å²) in [5, 5.41) is 0. The van der Waals surface area contributed by atoms with Crippen LogP contribution in [0.15, 0.2) is 12.1 Å². The third-order valence-electron chi connectivity index (χ3n) is 4.55. The van der Waals surface area contributed by atoms with E-state index >= 15 is 0 Å². The first-order chi connectivity index (χ1) is 11.2. The van der Waals surface area contributed by atoms with Crippen LogP contribution < -0.4 is 4.90 Å². The van der Waals surface area contributed by atoms with Gasteiger partial charge in [-0.3, -0.25) is 4.79 Å². The Morgan fingerprint density at radius 3 is 2.50 bits per heavy atom. The summed E-state index contributed by atoms with van der Waals surface area (Å²) in [4.78, 5) is 28.0. The second-order valence-electron chi connectivity index (χ2n) is 7.71. The maximum atomic E-state index is 12.3. The molecule has 1 aromatic carbocycles. The van der Waals surface area contributed by atoms with Crippen molar-refractivity contribution in [2.45, 2.75) is 59.1 Å². The molecule has 0 radical (unpaired) electrons. The van der Waals surface area contributed by atoms with Crippen molar-refractivity contribution < 1.29 is 14.3 Å². The molecule has 0 spiro atoms. The number of benzene rings is 1. The van der Waals surface area contributed by atoms with E-state index in [9.17, 15) is 9.59 Å². The molecular weight excluding hydrogens is 304 g/mol. The van der Waals surface area contributed by atoms with E-state index in [0.29, 0.717) is 19.5 Å². The van der Waals surface area contributed by atoms with Gasteiger partial charge in [-0.05, 0) is 63.3 Å². The van der Waals surface area contributed by atoms with Crippen molar-refractivity contribution in [3.8, 4) is 0 Å². The molecule has 0 saturated carbocycles. The third-order valence-corrected chi connectivity index (χ3v) is 4.55. The molecule has 0 atom stereocenters. The molecule has 130 valence electrons. The number of ether oxygens (including phenoxy) is 1. The molecule has 2 aliphatic heterocycles. The van der Waals surface area contributed by atoms with Gasteiger partial charge >= 0.3 is 6.09 Å². The molecule has 0 N–H and O–H groups in total. The van der Waals surface area contributed by atoms with Crippen LogP contribution in [0.5, 0.6) is 0 Å². The van der Waals surface area contributed by atoms with Crippen LogP contribution in [0, 0.1) is 6.92 Å². The monoisotopic (exact) mass is 330 g/mol. The van der Waals surface area contributed by atoms with E-state index in [-0.39, 0.29) is 12.0 Å². The van der Waals surface area contributed by atoms with Crippen molar-refractivity contribution in [1.82, 2.24) is 4.90 Å². The van der Waals surface area contributed by atoms with Crippen LogP contribution in [-0.2, 0) is 22.5 Å². The normalized spacial score (nSPS) is 17.9. The highest BCUT2D eigenvalue weighted by atomic mass is 16.6. The predicted octanol–water partition coefficient (Wildman–Crippen LogP) is 3.42. The second kappa shape index (κ2) is 6.11. The van der Waals surface area contributed by atoms with Gasteiger partial charge < -0.3 is 14.5 Å². The number of rotatable bonds is 1. The average Bonchev–Trinajstić information content (AvgIpc) is 2.90. The lowest BCUT2D eigenvalue weighted by Gasteiger charge is -2.32. The molecule has 24 heavy (non-hydrogen) atoms. The number of aryl methyl sites for hydroxylation is 1. The van der Waals surface area contributed by atoms with Gasteiger partial charge in [0.05, 0.1) is 0 Å². The third kappa shape index (κ3) is 3.40. The zero-order valence-corrected chi connectivity index (χ0v) is 15.0. The van der Waals surface area contributed by atoms with Crippen LogP contribution in [0.4, 0.5) is 10.5 Å². The summed E-state index contributed by atoms with van der Waals surface area (Å²) in [5.74, 6) is 0.212. The molecule has 1 fully saturated rings. The Labute approximate surface area is 143 Å². The lowest BCUT2D eigenvalue weighted by Crippen LogP contribution is -2.40. The largest absolute Gasteiger partial charge is 0.444 e. The molecule has 5 heteroatoms. The number of hydrogen-bond donors (Lipinski definition) is 0. The first-order valence-electron chi connectivity index (χ1n) is 8.65. The average molecular weight is 330 g/mol. The summed E-state index contributed by atoms with van der Waals surface area (Å²) in [7, 11) is 0. The van der Waals surface area contributed by atoms with Gasteiger partial charge in [-0.1, -0.05) is 6.07 Å². The summed E-state index contributed by atoms with van der Waals surface area (Å²) in [6, 6.07) is 4.26. The topological polar surface area (TPSA) is 49.9 Å². The quantitative estimate of drug-likeness (QED) is 0.793. The van der Waals surface area contributed by atoms with E-state index in [1.807, 2.05) is 32.6 Å². The van der Waals surface area contributed by atoms with Gasteiger partial charge in [-0.15, -0.1) is 0 Å². The van der Waals surface area contributed by atoms with Crippen LogP contribution in [0.1, 0.15) is 50.3 Å². The summed E-state index contributed by atoms with van der Waals surface area (Å²) in [6.45, 7) is 9.71. The minimum absolute atomic E-state index is 0.212. The summed E-state index contributed by atoms with van der Waals surface area (Å²) < 4.78 is 5.48. The Morgan fingerprint density at radius 1 is 1.12 bits per heavy atom. The van der Waals surface area contributed by atoms with Gasteiger partial charge in [-0.25, -0.2) is 4.79 Å². The lowest BCUT2D eigenvalue weighted by atomic mass is 9.96. The van der Waals surface area contributed by atoms with Crippen molar-refractivity contribution in [2.75, 3.05) is 18.0 Å². The SMILES string of the molecule is Cc1cc2c(cc1N1CCCC1=O)CCN(C(=O)OC(C)(C)C)C2. The molecule has 0 unspecified atom stereocenters. The number of hydrogen-bond acceptors (Lipinski definition) is 3. The highest BCUT2D eigenvalue weighted by Gasteiger charge is 2.28. The molecular formula is C19H26N2O3. The fraction of sp³-hybridized carbons (Fsp3) is 0.579. The number of nitrogens with zero attached hydrogens (tertiary/aromatic N) is 2. The summed E-state index contributed by atoms with van der Waals surface area (Å²) in [5.41, 5.74) is 4.03. The van der Waals surface area contributed by atoms with Crippen LogP contribution >= 0.6 is 0 Å². The Morgan fingerprint density at radius 2 is 1.88 bits per heavy atom. The molecule has 0 aromatic heterocycles. The first kappa shape index (κ1) is 16.8. The number of fused-ring (bicyclic) bond motifs is 1. The highest BCUT2D eigenvalue weighted by Crippen LogP contribution is 2.31. The van der Waals surface area contributed by atoms with Gasteiger partial charge in [0.25, 0.3) is 0 Å². The van der Waals surface area contributed by atoms with E-state index in [2.05, 4.69) is 12.1 Å². The predicted molar refractivity (Wildman–Crippen MR) is 93.1 cm³/mol. The molecule has 0 aliphatic carbocycles. The van der Waals surface area contributed by atoms with Gasteiger partial charge in [0.1, 0.15) is 5.60 Å². The molecule has 1 aromatic rings. The molecule has 2 heterocycles. The number of carbonyl (C=O) groups excluding carboxylic acids is 2. The Balaban J connectivity index is 1.80. The second-order valence-corrected chi connectivity index (χ2v) is 7.71. The van der Waals surface area contributed by atoms with E-state index in [1.54, 1.807) is 4.90 Å². The molecule has 5 nitrogen and oxygen atoms in total. The number of carbonyl (C=O) groups is 2. The van der Waals surface area contributed by atoms with Crippen molar-refractivity contribution in [2.24, 2.45) is 0 Å². The summed E-state index contributed by atoms with van der Waals surface area (Å²) in [6.07, 6.45) is 2.11. The van der Waals surface area contributed by atoms with Crippen LogP contribution in [-0.4, -0.2) is 35.6 Å². The van der Waals surface area contributed by atoms with E-state index in [1.165, 1.54) is 5.56 Å². The minimum Gasteiger partial charge on any atom is -0.444 e. The fourth-order valence-corrected chi connectivity index (χ4v) is 3.40. The Hall–Kier alpha value is -2.04. The number of amides is 2. The van der Waals surface area contributed by atoms with Crippen LogP contribution in [0.25, 0.3) is 0 Å². The van der Waals surface area contributed by atoms with Crippen molar-refractivity contribution >= 4 is 17.7 Å². The maximum absolute atomic E-state index is 12.3. The molecule has 2 amide bonds. The summed E-state index contributed by atoms with van der Waals surface area (Å²) >= 11 is 0. The van der Waals surface area contributed by atoms with Crippen LogP contribution in [0.3, 0.4) is 0 Å². The maximum Gasteiger partial charge on any atom is 0.410 e. The molecule has 2 aliphatic rings. The van der Waals surface area contributed by atoms with Crippen molar-refractivity contribution in [3.05, 3.63) is 28.8 Å². The van der Waals surface area contributed by atoms with E-state index in [0.717, 1.165) is 36.2 Å². The van der Waals surface area contributed by atoms with Crippen LogP contribution in [0.2, 0.25) is 0 Å². The molecule has 3 rings (SSSR count). The zero-order chi connectivity index (χ0) is 17.5. The standard InChI is InChI=1S/C19H26N2O3/c1-13-10-15-12-20(18(23)24-19(2,3)4)9-7-14(15)11-16(13)21-8-5-6-17(21)22/h10-11H,5-9,12H2,1-4H3. The van der Waals surface area contributed by atoms with E-state index in [4.69, 9.17) is 4.74 Å². The van der Waals surface area contributed by atoms with E-state index < -0.39 is 5.60 Å². The highest BCUT2D eigenvalue weighted by molar-refractivity contribution is 5.96. The smallest absolute Gasteiger partial charge is 0.410 e.